The Hall–Kier alpha value is -0.950. The highest BCUT2D eigenvalue weighted by molar-refractivity contribution is 7.99. The van der Waals surface area contributed by atoms with Gasteiger partial charge in [-0.05, 0) is 12.1 Å². The first kappa shape index (κ1) is 17.1. The number of carboxylic acids is 1. The highest BCUT2D eigenvalue weighted by atomic mass is 35.5. The number of thioether (sulfide) groups is 1. The van der Waals surface area contributed by atoms with Crippen molar-refractivity contribution < 1.29 is 19.4 Å². The molecule has 0 fully saturated rings. The van der Waals surface area contributed by atoms with Crippen LogP contribution in [0.15, 0.2) is 12.1 Å². The summed E-state index contributed by atoms with van der Waals surface area (Å²) in [4.78, 5) is 22.9. The normalized spacial score (nSPS) is 10.3. The number of anilines is 1. The Morgan fingerprint density at radius 2 is 2.00 bits per heavy atom. The summed E-state index contributed by atoms with van der Waals surface area (Å²) in [6.45, 7) is 0.538. The second-order valence-corrected chi connectivity index (χ2v) is 5.60. The van der Waals surface area contributed by atoms with E-state index in [-0.39, 0.29) is 33.0 Å². The zero-order chi connectivity index (χ0) is 15.1. The Bertz CT molecular complexity index is 510. The van der Waals surface area contributed by atoms with Crippen molar-refractivity contribution in [3.05, 3.63) is 27.7 Å². The summed E-state index contributed by atoms with van der Waals surface area (Å²) in [5.74, 6) is -0.762. The van der Waals surface area contributed by atoms with Crippen LogP contribution in [0.1, 0.15) is 10.4 Å². The van der Waals surface area contributed by atoms with Gasteiger partial charge in [-0.2, -0.15) is 0 Å². The van der Waals surface area contributed by atoms with Crippen LogP contribution >= 0.6 is 35.0 Å². The first-order chi connectivity index (χ1) is 9.47. The minimum atomic E-state index is -1.25. The number of carbonyl (C=O) groups is 2. The van der Waals surface area contributed by atoms with Crippen LogP contribution in [0.4, 0.5) is 5.69 Å². The van der Waals surface area contributed by atoms with Gasteiger partial charge in [0.15, 0.2) is 0 Å². The van der Waals surface area contributed by atoms with Crippen LogP contribution in [0, 0.1) is 0 Å². The molecule has 0 aliphatic rings. The predicted molar refractivity (Wildman–Crippen MR) is 81.3 cm³/mol. The van der Waals surface area contributed by atoms with E-state index in [1.54, 1.807) is 7.11 Å². The molecule has 0 radical (unpaired) electrons. The molecule has 0 bridgehead atoms. The molecule has 110 valence electrons. The predicted octanol–water partition coefficient (Wildman–Crippen LogP) is 3.01. The smallest absolute Gasteiger partial charge is 0.339 e. The summed E-state index contributed by atoms with van der Waals surface area (Å²) in [6.07, 6.45) is 0. The summed E-state index contributed by atoms with van der Waals surface area (Å²) in [7, 11) is 1.57. The number of ether oxygens (including phenoxy) is 1. The molecule has 1 aromatic rings. The zero-order valence-corrected chi connectivity index (χ0v) is 12.9. The fourth-order valence-corrected chi connectivity index (χ4v) is 2.50. The van der Waals surface area contributed by atoms with Gasteiger partial charge in [0.05, 0.1) is 28.1 Å². The Labute approximate surface area is 130 Å². The SMILES string of the molecule is COCCSCC(=O)Nc1c(Cl)ccc(Cl)c1C(=O)O. The van der Waals surface area contributed by atoms with Gasteiger partial charge in [0.1, 0.15) is 5.56 Å². The summed E-state index contributed by atoms with van der Waals surface area (Å²) in [5, 5.41) is 11.7. The minimum Gasteiger partial charge on any atom is -0.478 e. The molecular formula is C12H13Cl2NO4S. The molecule has 8 heteroatoms. The lowest BCUT2D eigenvalue weighted by atomic mass is 10.1. The topological polar surface area (TPSA) is 75.6 Å². The molecule has 0 aliphatic heterocycles. The standard InChI is InChI=1S/C12H13Cl2NO4S/c1-19-4-5-20-6-9(16)15-11-8(14)3-2-7(13)10(11)12(17)18/h2-3H,4-6H2,1H3,(H,15,16)(H,17,18). The van der Waals surface area contributed by atoms with Crippen LogP contribution in [-0.2, 0) is 9.53 Å². The lowest BCUT2D eigenvalue weighted by molar-refractivity contribution is -0.113. The number of methoxy groups -OCH3 is 1. The number of carbonyl (C=O) groups excluding carboxylic acids is 1. The monoisotopic (exact) mass is 337 g/mol. The largest absolute Gasteiger partial charge is 0.478 e. The molecule has 0 saturated heterocycles. The lowest BCUT2D eigenvalue weighted by Gasteiger charge is -2.11. The Morgan fingerprint density at radius 3 is 2.60 bits per heavy atom. The molecule has 1 amide bonds. The van der Waals surface area contributed by atoms with Gasteiger partial charge in [-0.3, -0.25) is 4.79 Å². The first-order valence-electron chi connectivity index (χ1n) is 5.55. The van der Waals surface area contributed by atoms with Crippen molar-refractivity contribution in [3.63, 3.8) is 0 Å². The van der Waals surface area contributed by atoms with Crippen molar-refractivity contribution in [3.8, 4) is 0 Å². The van der Waals surface area contributed by atoms with Crippen molar-refractivity contribution in [1.29, 1.82) is 0 Å². The molecule has 2 N–H and O–H groups in total. The maximum atomic E-state index is 11.7. The minimum absolute atomic E-state index is 0.0176. The Kier molecular flexibility index (Phi) is 7.15. The molecule has 0 unspecified atom stereocenters. The van der Waals surface area contributed by atoms with Crippen molar-refractivity contribution in [2.24, 2.45) is 0 Å². The van der Waals surface area contributed by atoms with Crippen molar-refractivity contribution in [2.45, 2.75) is 0 Å². The first-order valence-corrected chi connectivity index (χ1v) is 7.46. The second-order valence-electron chi connectivity index (χ2n) is 3.68. The number of hydrogen-bond acceptors (Lipinski definition) is 4. The molecule has 0 aromatic heterocycles. The quantitative estimate of drug-likeness (QED) is 0.748. The number of benzene rings is 1. The molecule has 1 aromatic carbocycles. The average Bonchev–Trinajstić information content (AvgIpc) is 2.38. The molecule has 5 nitrogen and oxygen atoms in total. The van der Waals surface area contributed by atoms with Crippen molar-refractivity contribution in [1.82, 2.24) is 0 Å². The maximum Gasteiger partial charge on any atom is 0.339 e. The summed E-state index contributed by atoms with van der Waals surface area (Å²) in [5.41, 5.74) is -0.196. The van der Waals surface area contributed by atoms with Crippen LogP contribution in [0.25, 0.3) is 0 Å². The van der Waals surface area contributed by atoms with Gasteiger partial charge in [-0.25, -0.2) is 4.79 Å². The molecule has 1 rings (SSSR count). The van der Waals surface area contributed by atoms with Gasteiger partial charge in [-0.15, -0.1) is 11.8 Å². The van der Waals surface area contributed by atoms with Crippen LogP contribution < -0.4 is 5.32 Å². The fourth-order valence-electron chi connectivity index (χ4n) is 1.37. The zero-order valence-electron chi connectivity index (χ0n) is 10.6. The van der Waals surface area contributed by atoms with Gasteiger partial charge in [0, 0.05) is 12.9 Å². The van der Waals surface area contributed by atoms with E-state index in [1.807, 2.05) is 0 Å². The highest BCUT2D eigenvalue weighted by Gasteiger charge is 2.19. The van der Waals surface area contributed by atoms with E-state index in [0.717, 1.165) is 0 Å². The van der Waals surface area contributed by atoms with Crippen LogP contribution in [0.3, 0.4) is 0 Å². The van der Waals surface area contributed by atoms with Crippen molar-refractivity contribution in [2.75, 3.05) is 30.5 Å². The summed E-state index contributed by atoms with van der Waals surface area (Å²) < 4.78 is 4.86. The summed E-state index contributed by atoms with van der Waals surface area (Å²) >= 11 is 13.1. The van der Waals surface area contributed by atoms with E-state index >= 15 is 0 Å². The molecule has 20 heavy (non-hydrogen) atoms. The molecular weight excluding hydrogens is 325 g/mol. The number of amides is 1. The molecule has 0 heterocycles. The van der Waals surface area contributed by atoms with Crippen LogP contribution in [-0.4, -0.2) is 42.2 Å². The third-order valence-electron chi connectivity index (χ3n) is 2.25. The van der Waals surface area contributed by atoms with E-state index in [1.165, 1.54) is 23.9 Å². The second kappa shape index (κ2) is 8.36. The third kappa shape index (κ3) is 4.86. The van der Waals surface area contributed by atoms with E-state index in [0.29, 0.717) is 12.4 Å². The number of rotatable bonds is 7. The number of carboxylic acid groups (broad SMARTS) is 1. The van der Waals surface area contributed by atoms with E-state index < -0.39 is 5.97 Å². The van der Waals surface area contributed by atoms with Gasteiger partial charge in [-0.1, -0.05) is 23.2 Å². The average molecular weight is 338 g/mol. The molecule has 0 spiro atoms. The lowest BCUT2D eigenvalue weighted by Crippen LogP contribution is -2.18. The Morgan fingerprint density at radius 1 is 1.35 bits per heavy atom. The summed E-state index contributed by atoms with van der Waals surface area (Å²) in [6, 6.07) is 2.81. The van der Waals surface area contributed by atoms with Crippen LogP contribution in [0.5, 0.6) is 0 Å². The molecule has 0 saturated carbocycles. The third-order valence-corrected chi connectivity index (χ3v) is 3.80. The van der Waals surface area contributed by atoms with Gasteiger partial charge >= 0.3 is 5.97 Å². The van der Waals surface area contributed by atoms with Crippen molar-refractivity contribution >= 4 is 52.5 Å². The number of nitrogens with one attached hydrogen (secondary N) is 1. The highest BCUT2D eigenvalue weighted by Crippen LogP contribution is 2.32. The number of aromatic carboxylic acids is 1. The van der Waals surface area contributed by atoms with Gasteiger partial charge < -0.3 is 15.2 Å². The van der Waals surface area contributed by atoms with Gasteiger partial charge in [0.2, 0.25) is 5.91 Å². The number of halogens is 2. The van der Waals surface area contributed by atoms with Crippen LogP contribution in [0.2, 0.25) is 10.0 Å². The number of hydrogen-bond donors (Lipinski definition) is 2. The van der Waals surface area contributed by atoms with E-state index in [4.69, 9.17) is 33.0 Å². The fraction of sp³-hybridized carbons (Fsp3) is 0.333. The van der Waals surface area contributed by atoms with E-state index in [2.05, 4.69) is 5.32 Å². The maximum absolute atomic E-state index is 11.7. The Balaban J connectivity index is 2.79. The molecule has 0 aliphatic carbocycles. The molecule has 0 atom stereocenters. The van der Waals surface area contributed by atoms with E-state index in [9.17, 15) is 9.59 Å². The van der Waals surface area contributed by atoms with Gasteiger partial charge in [0.25, 0.3) is 0 Å².